The van der Waals surface area contributed by atoms with Gasteiger partial charge in [0.05, 0.1) is 42.7 Å². The molecule has 6 aliphatic carbocycles. The summed E-state index contributed by atoms with van der Waals surface area (Å²) in [5, 5.41) is 26.6. The SMILES string of the molecule is CCOC(=O)C1(N)Cc2ccc(Cl)cc2C1.CCOC(=O)C1(NC(=O)c2cccc(C)c2OC2CCC2)Cc2ccc(Cl)cc2C1.Cc1cccc(C(=O)NC2(C(=O)O)Cc3ccc(Cl)cc3C2)c1OC1CCC1.Cc1cccc(C(=O)O)c1OC1CCC1. The fourth-order valence-electron chi connectivity index (χ4n) is 11.7. The number of hydrogen-bond donors (Lipinski definition) is 5. The second kappa shape index (κ2) is 28.5. The smallest absolute Gasteiger partial charge is 0.339 e. The molecular weight excluding hydrogens is 1200 g/mol. The number of carboxylic acids is 2. The molecule has 6 aromatic rings. The van der Waals surface area contributed by atoms with Gasteiger partial charge in [0.1, 0.15) is 39.4 Å². The fraction of sp³-hybridized carbons (Fsp3) is 0.400. The summed E-state index contributed by atoms with van der Waals surface area (Å²) < 4.78 is 28.2. The molecule has 0 saturated heterocycles. The molecule has 16 nitrogen and oxygen atoms in total. The summed E-state index contributed by atoms with van der Waals surface area (Å²) in [6.07, 6.45) is 12.1. The van der Waals surface area contributed by atoms with E-state index in [4.69, 9.17) is 69.3 Å². The van der Waals surface area contributed by atoms with Crippen LogP contribution in [0.25, 0.3) is 0 Å². The van der Waals surface area contributed by atoms with Gasteiger partial charge in [-0.2, -0.15) is 0 Å². The molecular formula is C70H76Cl3N3O13. The number of fused-ring (bicyclic) bond motifs is 3. The van der Waals surface area contributed by atoms with E-state index in [0.717, 1.165) is 101 Å². The Balaban J connectivity index is 0.000000147. The monoisotopic (exact) mass is 1270 g/mol. The standard InChI is InChI=1S/C24H26ClNO4.C22H22ClNO4.C12H14ClNO2.C12H14O3/c1-3-29-23(28)24(13-16-10-11-18(25)12-17(16)14-24)26-22(27)20-9-4-6-15(2)21(20)30-19-7-5-8-19;1-13-4-2-7-18(19(13)28-17-5-3-6-17)20(25)24-22(21(26)27)11-14-8-9-16(23)10-15(14)12-22;1-2-16-11(15)12(14)6-8-3-4-10(13)5-9(8)7-12;1-8-4-2-7-10(12(13)14)11(8)15-9-5-3-6-9/h4,6,9-12,19H,3,5,7-8,13-14H2,1-2H3,(H,26,27);2,4,7-10,17H,3,5-6,11-12H2,1H3,(H,24,25)(H,26,27);3-5H,2,6-7,14H2,1H3;2,4,7,9H,3,5-6H2,1H3,(H,13,14). The summed E-state index contributed by atoms with van der Waals surface area (Å²) in [5.41, 5.74) is 12.2. The van der Waals surface area contributed by atoms with Crippen molar-refractivity contribution in [2.24, 2.45) is 5.73 Å². The number of benzene rings is 6. The van der Waals surface area contributed by atoms with Crippen LogP contribution in [-0.4, -0.2) is 94.0 Å². The van der Waals surface area contributed by atoms with E-state index in [9.17, 15) is 33.9 Å². The van der Waals surface area contributed by atoms with Gasteiger partial charge in [0.15, 0.2) is 0 Å². The molecule has 0 spiro atoms. The maximum absolute atomic E-state index is 13.4. The van der Waals surface area contributed by atoms with Crippen LogP contribution in [0, 0.1) is 20.8 Å². The molecule has 2 amide bonds. The number of carbonyl (C=O) groups excluding carboxylic acids is 4. The topological polar surface area (TPSA) is 239 Å². The molecule has 0 heterocycles. The number of nitrogens with one attached hydrogen (secondary N) is 2. The van der Waals surface area contributed by atoms with Gasteiger partial charge in [-0.15, -0.1) is 0 Å². The molecule has 89 heavy (non-hydrogen) atoms. The van der Waals surface area contributed by atoms with Gasteiger partial charge >= 0.3 is 23.9 Å². The maximum Gasteiger partial charge on any atom is 0.339 e. The van der Waals surface area contributed by atoms with E-state index in [0.29, 0.717) is 75.7 Å². The van der Waals surface area contributed by atoms with Gasteiger partial charge in [0.25, 0.3) is 11.8 Å². The fourth-order valence-corrected chi connectivity index (χ4v) is 12.3. The van der Waals surface area contributed by atoms with Crippen LogP contribution in [0.4, 0.5) is 0 Å². The van der Waals surface area contributed by atoms with Crippen LogP contribution in [0.15, 0.2) is 109 Å². The Hall–Kier alpha value is -7.63. The van der Waals surface area contributed by atoms with Crippen LogP contribution in [0.3, 0.4) is 0 Å². The summed E-state index contributed by atoms with van der Waals surface area (Å²) >= 11 is 18.1. The summed E-state index contributed by atoms with van der Waals surface area (Å²) in [4.78, 5) is 74.3. The van der Waals surface area contributed by atoms with Crippen molar-refractivity contribution in [2.45, 2.75) is 166 Å². The molecule has 3 fully saturated rings. The van der Waals surface area contributed by atoms with Crippen LogP contribution >= 0.6 is 34.8 Å². The van der Waals surface area contributed by atoms with Crippen molar-refractivity contribution in [3.63, 3.8) is 0 Å². The summed E-state index contributed by atoms with van der Waals surface area (Å²) in [6.45, 7) is 9.84. The number of carbonyl (C=O) groups is 6. The number of hydrogen-bond acceptors (Lipinski definition) is 12. The van der Waals surface area contributed by atoms with E-state index in [1.165, 1.54) is 6.42 Å². The zero-order valence-electron chi connectivity index (χ0n) is 50.7. The Morgan fingerprint density at radius 3 is 1.20 bits per heavy atom. The lowest BCUT2D eigenvalue weighted by atomic mass is 9.94. The first-order chi connectivity index (χ1) is 42.5. The number of amides is 2. The molecule has 0 aliphatic heterocycles. The van der Waals surface area contributed by atoms with Crippen LogP contribution in [0.5, 0.6) is 17.2 Å². The van der Waals surface area contributed by atoms with Gasteiger partial charge in [-0.25, -0.2) is 14.4 Å². The zero-order valence-corrected chi connectivity index (χ0v) is 53.0. The quantitative estimate of drug-likeness (QED) is 0.0567. The molecule has 19 heteroatoms. The predicted molar refractivity (Wildman–Crippen MR) is 340 cm³/mol. The Bertz CT molecular complexity index is 3660. The maximum atomic E-state index is 13.4. The molecule has 6 aliphatic rings. The Labute approximate surface area is 534 Å². The van der Waals surface area contributed by atoms with Crippen LogP contribution in [0.1, 0.15) is 153 Å². The first-order valence-corrected chi connectivity index (χ1v) is 31.5. The van der Waals surface area contributed by atoms with Gasteiger partial charge < -0.3 is 50.3 Å². The van der Waals surface area contributed by atoms with Gasteiger partial charge in [0.2, 0.25) is 0 Å². The highest BCUT2D eigenvalue weighted by Crippen LogP contribution is 2.39. The average Bonchev–Trinajstić information content (AvgIpc) is 1.82. The van der Waals surface area contributed by atoms with E-state index in [1.807, 2.05) is 81.4 Å². The molecule has 0 bridgehead atoms. The molecule has 3 atom stereocenters. The number of aliphatic carboxylic acids is 1. The van der Waals surface area contributed by atoms with E-state index in [-0.39, 0.29) is 55.2 Å². The molecule has 0 aromatic heterocycles. The van der Waals surface area contributed by atoms with Crippen LogP contribution in [0.2, 0.25) is 15.1 Å². The Morgan fingerprint density at radius 2 is 0.809 bits per heavy atom. The molecule has 6 aromatic carbocycles. The van der Waals surface area contributed by atoms with E-state index in [2.05, 4.69) is 10.6 Å². The molecule has 470 valence electrons. The zero-order chi connectivity index (χ0) is 63.8. The first-order valence-electron chi connectivity index (χ1n) is 30.4. The highest BCUT2D eigenvalue weighted by molar-refractivity contribution is 6.31. The van der Waals surface area contributed by atoms with E-state index >= 15 is 0 Å². The Kier molecular flexibility index (Phi) is 21.0. The van der Waals surface area contributed by atoms with Gasteiger partial charge in [-0.05, 0) is 197 Å². The minimum atomic E-state index is -1.39. The first kappa shape index (κ1) is 65.8. The number of aryl methyl sites for hydroxylation is 3. The number of rotatable bonds is 16. The summed E-state index contributed by atoms with van der Waals surface area (Å²) in [6, 6.07) is 32.6. The van der Waals surface area contributed by atoms with Crippen molar-refractivity contribution < 1.29 is 62.7 Å². The van der Waals surface area contributed by atoms with Gasteiger partial charge in [-0.1, -0.05) is 89.4 Å². The predicted octanol–water partition coefficient (Wildman–Crippen LogP) is 12.7. The van der Waals surface area contributed by atoms with Crippen molar-refractivity contribution >= 4 is 70.5 Å². The molecule has 3 saturated carbocycles. The highest BCUT2D eigenvalue weighted by atomic mass is 35.5. The number of para-hydroxylation sites is 3. The second-order valence-corrected chi connectivity index (χ2v) is 25.3. The summed E-state index contributed by atoms with van der Waals surface area (Å²) in [5.74, 6) is -1.83. The largest absolute Gasteiger partial charge is 0.489 e. The molecule has 6 N–H and O–H groups in total. The van der Waals surface area contributed by atoms with Crippen molar-refractivity contribution in [3.8, 4) is 17.2 Å². The number of nitrogens with two attached hydrogens (primary N) is 1. The van der Waals surface area contributed by atoms with Crippen molar-refractivity contribution in [1.82, 2.24) is 10.6 Å². The molecule has 12 rings (SSSR count). The van der Waals surface area contributed by atoms with Crippen molar-refractivity contribution in [1.29, 1.82) is 0 Å². The van der Waals surface area contributed by atoms with Crippen LogP contribution in [-0.2, 0) is 62.4 Å². The molecule has 3 unspecified atom stereocenters. The normalized spacial score (nSPS) is 20.2. The molecule has 0 radical (unpaired) electrons. The van der Waals surface area contributed by atoms with Crippen molar-refractivity contribution in [2.75, 3.05) is 13.2 Å². The van der Waals surface area contributed by atoms with Crippen molar-refractivity contribution in [3.05, 3.63) is 191 Å². The van der Waals surface area contributed by atoms with Gasteiger partial charge in [0, 0.05) is 53.6 Å². The number of ether oxygens (including phenoxy) is 5. The highest BCUT2D eigenvalue weighted by Gasteiger charge is 2.48. The number of halogens is 3. The lowest BCUT2D eigenvalue weighted by molar-refractivity contribution is -0.150. The minimum Gasteiger partial charge on any atom is -0.489 e. The van der Waals surface area contributed by atoms with Crippen LogP contribution < -0.4 is 30.6 Å². The number of aromatic carboxylic acids is 1. The third kappa shape index (κ3) is 15.3. The lowest BCUT2D eigenvalue weighted by Crippen LogP contribution is -2.56. The Morgan fingerprint density at radius 1 is 0.472 bits per heavy atom. The van der Waals surface area contributed by atoms with E-state index in [1.54, 1.807) is 62.4 Å². The van der Waals surface area contributed by atoms with Gasteiger partial charge in [-0.3, -0.25) is 14.4 Å². The third-order valence-electron chi connectivity index (χ3n) is 17.3. The minimum absolute atomic E-state index is 0.124. The number of carboxylic acid groups (broad SMARTS) is 2. The number of esters is 2. The second-order valence-electron chi connectivity index (χ2n) is 23.9. The lowest BCUT2D eigenvalue weighted by Gasteiger charge is -2.30. The average molecular weight is 1270 g/mol. The van der Waals surface area contributed by atoms with E-state index < -0.39 is 40.4 Å². The summed E-state index contributed by atoms with van der Waals surface area (Å²) in [7, 11) is 0. The third-order valence-corrected chi connectivity index (χ3v) is 18.0.